The predicted octanol–water partition coefficient (Wildman–Crippen LogP) is 4.55. The van der Waals surface area contributed by atoms with Crippen LogP contribution in [0.15, 0.2) is 49.2 Å². The van der Waals surface area contributed by atoms with Crippen LogP contribution in [0.2, 0.25) is 0 Å². The molecule has 3 aromatic heterocycles. The molecule has 1 aliphatic rings. The van der Waals surface area contributed by atoms with Crippen molar-refractivity contribution < 1.29 is 17.9 Å². The molecule has 11 nitrogen and oxygen atoms in total. The van der Waals surface area contributed by atoms with Crippen LogP contribution >= 0.6 is 0 Å². The Hall–Kier alpha value is -4.80. The molecule has 1 aromatic carbocycles. The van der Waals surface area contributed by atoms with Crippen LogP contribution in [0.25, 0.3) is 4.85 Å². The van der Waals surface area contributed by atoms with E-state index in [0.717, 1.165) is 11.6 Å². The van der Waals surface area contributed by atoms with Crippen molar-refractivity contribution in [3.05, 3.63) is 77.4 Å². The van der Waals surface area contributed by atoms with Gasteiger partial charge in [0, 0.05) is 17.8 Å². The van der Waals surface area contributed by atoms with E-state index in [9.17, 15) is 13.2 Å². The highest BCUT2D eigenvalue weighted by atomic mass is 19.4. The summed E-state index contributed by atoms with van der Waals surface area (Å²) in [4.78, 5) is 18.0. The van der Waals surface area contributed by atoms with Crippen molar-refractivity contribution in [1.29, 1.82) is 0 Å². The summed E-state index contributed by atoms with van der Waals surface area (Å²) in [6.07, 6.45) is 0.436. The van der Waals surface area contributed by atoms with Crippen LogP contribution in [0.4, 0.5) is 36.2 Å². The first-order valence-corrected chi connectivity index (χ1v) is 11.9. The van der Waals surface area contributed by atoms with Crippen molar-refractivity contribution in [3.8, 4) is 5.75 Å². The highest BCUT2D eigenvalue weighted by Gasteiger charge is 2.34. The molecule has 4 heterocycles. The van der Waals surface area contributed by atoms with Crippen molar-refractivity contribution in [2.45, 2.75) is 38.5 Å². The Labute approximate surface area is 221 Å². The summed E-state index contributed by atoms with van der Waals surface area (Å²) < 4.78 is 47.8. The van der Waals surface area contributed by atoms with Gasteiger partial charge in [-0.15, -0.1) is 5.10 Å². The van der Waals surface area contributed by atoms with Crippen LogP contribution in [-0.2, 0) is 24.7 Å². The van der Waals surface area contributed by atoms with Crippen molar-refractivity contribution in [2.24, 2.45) is 0 Å². The summed E-state index contributed by atoms with van der Waals surface area (Å²) in [5.41, 5.74) is 0.135. The zero-order valence-electron chi connectivity index (χ0n) is 21.0. The molecule has 0 saturated heterocycles. The molecule has 4 aromatic rings. The van der Waals surface area contributed by atoms with E-state index in [1.807, 2.05) is 18.7 Å². The highest BCUT2D eigenvalue weighted by Crippen LogP contribution is 2.39. The molecule has 0 unspecified atom stereocenters. The number of hydrogen-bond acceptors (Lipinski definition) is 9. The number of alkyl halides is 3. The number of hydrogen-bond donors (Lipinski definition) is 1. The molecule has 14 heteroatoms. The third kappa shape index (κ3) is 5.57. The second kappa shape index (κ2) is 10.2. The molecule has 39 heavy (non-hydrogen) atoms. The van der Waals surface area contributed by atoms with Crippen molar-refractivity contribution in [1.82, 2.24) is 35.2 Å². The Balaban J connectivity index is 1.27. The molecule has 5 rings (SSSR count). The van der Waals surface area contributed by atoms with Gasteiger partial charge in [0.05, 0.1) is 36.1 Å². The van der Waals surface area contributed by atoms with E-state index in [-0.39, 0.29) is 0 Å². The third-order valence-electron chi connectivity index (χ3n) is 6.32. The van der Waals surface area contributed by atoms with Gasteiger partial charge in [0.2, 0.25) is 0 Å². The van der Waals surface area contributed by atoms with Crippen molar-refractivity contribution >= 4 is 23.0 Å². The first kappa shape index (κ1) is 25.8. The normalized spacial score (nSPS) is 13.5. The Kier molecular flexibility index (Phi) is 6.73. The molecular formula is C25H23F3N10O. The van der Waals surface area contributed by atoms with Gasteiger partial charge in [0.15, 0.2) is 5.69 Å². The first-order chi connectivity index (χ1) is 18.6. The highest BCUT2D eigenvalue weighted by molar-refractivity contribution is 5.64. The lowest BCUT2D eigenvalue weighted by atomic mass is 10.0. The molecule has 1 aliphatic heterocycles. The molecule has 0 fully saturated rings. The number of pyridine rings is 1. The van der Waals surface area contributed by atoms with Gasteiger partial charge in [0.25, 0.3) is 0 Å². The molecule has 200 valence electrons. The quantitative estimate of drug-likeness (QED) is 0.340. The summed E-state index contributed by atoms with van der Waals surface area (Å²) in [7, 11) is 0. The third-order valence-corrected chi connectivity index (χ3v) is 6.32. The van der Waals surface area contributed by atoms with Crippen LogP contribution in [0.3, 0.4) is 0 Å². The average Bonchev–Trinajstić information content (AvgIpc) is 3.48. The van der Waals surface area contributed by atoms with E-state index < -0.39 is 23.0 Å². The van der Waals surface area contributed by atoms with Crippen LogP contribution in [0.1, 0.15) is 30.7 Å². The van der Waals surface area contributed by atoms with Gasteiger partial charge >= 0.3 is 6.18 Å². The van der Waals surface area contributed by atoms with Crippen LogP contribution in [-0.4, -0.2) is 48.3 Å². The van der Waals surface area contributed by atoms with Gasteiger partial charge in [-0.25, -0.2) is 24.5 Å². The van der Waals surface area contributed by atoms with E-state index in [0.29, 0.717) is 54.9 Å². The lowest BCUT2D eigenvalue weighted by Crippen LogP contribution is -2.34. The fourth-order valence-electron chi connectivity index (χ4n) is 4.15. The summed E-state index contributed by atoms with van der Waals surface area (Å²) in [5.74, 6) is 1.71. The minimum absolute atomic E-state index is 0.304. The Morgan fingerprint density at radius 3 is 2.67 bits per heavy atom. The van der Waals surface area contributed by atoms with E-state index in [4.69, 9.17) is 11.3 Å². The first-order valence-electron chi connectivity index (χ1n) is 11.9. The summed E-state index contributed by atoms with van der Waals surface area (Å²) in [6, 6.07) is 7.31. The number of fused-ring (bicyclic) bond motifs is 1. The summed E-state index contributed by atoms with van der Waals surface area (Å²) in [6.45, 7) is 12.0. The minimum atomic E-state index is -4.61. The zero-order valence-corrected chi connectivity index (χ0v) is 21.0. The standard InChI is InChI=1S/C25H23F3N10O/c1-24(2,38-15-33-35-36-38)13-39-17-5-7-22(30-11-17)34-23-18-8-9-37(12-21(18)31-14-32-23)16-4-6-20(29-3)19(10-16)25(26,27)28/h4-7,10-11,14-15H,8-9,12-13H2,1-2H3,(H,30,31,32,34). The lowest BCUT2D eigenvalue weighted by Gasteiger charge is -2.31. The maximum Gasteiger partial charge on any atom is 0.407 e. The summed E-state index contributed by atoms with van der Waals surface area (Å²) >= 11 is 0. The van der Waals surface area contributed by atoms with Gasteiger partial charge in [-0.05, 0) is 55.0 Å². The number of halogens is 3. The fourth-order valence-corrected chi connectivity index (χ4v) is 4.15. The number of anilines is 3. The number of nitrogens with one attached hydrogen (secondary N) is 1. The topological polar surface area (TPSA) is 111 Å². The van der Waals surface area contributed by atoms with Gasteiger partial charge in [-0.3, -0.25) is 0 Å². The second-order valence-electron chi connectivity index (χ2n) is 9.49. The van der Waals surface area contributed by atoms with Crippen LogP contribution in [0, 0.1) is 6.57 Å². The molecule has 0 amide bonds. The lowest BCUT2D eigenvalue weighted by molar-refractivity contribution is -0.136. The fraction of sp³-hybridized carbons (Fsp3) is 0.320. The molecule has 0 atom stereocenters. The van der Waals surface area contributed by atoms with Crippen LogP contribution in [0.5, 0.6) is 5.75 Å². The molecule has 0 aliphatic carbocycles. The molecule has 0 bridgehead atoms. The monoisotopic (exact) mass is 536 g/mol. The Bertz CT molecular complexity index is 1500. The predicted molar refractivity (Wildman–Crippen MR) is 135 cm³/mol. The molecular weight excluding hydrogens is 513 g/mol. The van der Waals surface area contributed by atoms with Gasteiger partial charge in [0.1, 0.15) is 36.6 Å². The van der Waals surface area contributed by atoms with Gasteiger partial charge in [-0.2, -0.15) is 13.2 Å². The van der Waals surface area contributed by atoms with Gasteiger partial charge < -0.3 is 15.0 Å². The van der Waals surface area contributed by atoms with E-state index in [1.54, 1.807) is 23.0 Å². The van der Waals surface area contributed by atoms with Crippen molar-refractivity contribution in [3.63, 3.8) is 0 Å². The smallest absolute Gasteiger partial charge is 0.407 e. The molecule has 0 saturated carbocycles. The average molecular weight is 537 g/mol. The van der Waals surface area contributed by atoms with Crippen LogP contribution < -0.4 is 15.0 Å². The maximum absolute atomic E-state index is 13.4. The number of nitrogens with zero attached hydrogens (tertiary/aromatic N) is 9. The number of ether oxygens (including phenoxy) is 1. The largest absolute Gasteiger partial charge is 0.489 e. The molecule has 0 spiro atoms. The SMILES string of the molecule is [C-]#[N+]c1ccc(N2CCc3c(ncnc3Nc3ccc(OCC(C)(C)n4cnnn4)cn3)C2)cc1C(F)(F)F. The number of rotatable bonds is 7. The van der Waals surface area contributed by atoms with Gasteiger partial charge in [-0.1, -0.05) is 6.07 Å². The Morgan fingerprint density at radius 1 is 1.13 bits per heavy atom. The molecule has 1 N–H and O–H groups in total. The number of tetrazole rings is 1. The molecule has 0 radical (unpaired) electrons. The second-order valence-corrected chi connectivity index (χ2v) is 9.49. The van der Waals surface area contributed by atoms with E-state index >= 15 is 0 Å². The summed E-state index contributed by atoms with van der Waals surface area (Å²) in [5, 5.41) is 14.4. The number of benzene rings is 1. The zero-order chi connectivity index (χ0) is 27.6. The maximum atomic E-state index is 13.4. The number of aromatic nitrogens is 7. The minimum Gasteiger partial charge on any atom is -0.489 e. The van der Waals surface area contributed by atoms with E-state index in [2.05, 4.69) is 40.6 Å². The van der Waals surface area contributed by atoms with Crippen molar-refractivity contribution in [2.75, 3.05) is 23.4 Å². The van der Waals surface area contributed by atoms with E-state index in [1.165, 1.54) is 24.8 Å². The Morgan fingerprint density at radius 2 is 1.97 bits per heavy atom.